The molecule has 1 saturated heterocycles. The van der Waals surface area contributed by atoms with Gasteiger partial charge in [-0.1, -0.05) is 17.7 Å². The largest absolute Gasteiger partial charge is 0.379 e. The third kappa shape index (κ3) is 4.50. The van der Waals surface area contributed by atoms with Crippen LogP contribution in [0, 0.1) is 0 Å². The number of nitrogens with one attached hydrogen (secondary N) is 3. The molecule has 7 nitrogen and oxygen atoms in total. The van der Waals surface area contributed by atoms with E-state index >= 15 is 0 Å². The molecule has 0 spiro atoms. The number of benzene rings is 1. The standard InChI is InChI=1S/C17H21ClN4O3/c18-13-4-1-3-12-15(13)20-11-14(16(12)23)21-17(24)19-5-2-6-22-7-9-25-10-8-22/h1,3-4,11H,2,5-10H2,(H,20,23)(H2,19,21,24). The lowest BCUT2D eigenvalue weighted by atomic mass is 10.2. The van der Waals surface area contributed by atoms with Gasteiger partial charge < -0.3 is 20.4 Å². The molecule has 0 aliphatic carbocycles. The minimum absolute atomic E-state index is 0.195. The maximum atomic E-state index is 12.4. The van der Waals surface area contributed by atoms with Crippen LogP contribution in [0.3, 0.4) is 0 Å². The number of H-pyrrole nitrogens is 1. The summed E-state index contributed by atoms with van der Waals surface area (Å²) in [6, 6.07) is 4.68. The number of para-hydroxylation sites is 1. The number of rotatable bonds is 5. The Bertz CT molecular complexity index is 802. The molecular formula is C17H21ClN4O3. The molecule has 2 aromatic rings. The number of aromatic nitrogens is 1. The number of fused-ring (bicyclic) bond motifs is 1. The normalized spacial score (nSPS) is 15.2. The molecule has 8 heteroatoms. The molecular weight excluding hydrogens is 344 g/mol. The Morgan fingerprint density at radius 3 is 2.92 bits per heavy atom. The van der Waals surface area contributed by atoms with Gasteiger partial charge in [0.05, 0.1) is 23.8 Å². The molecule has 25 heavy (non-hydrogen) atoms. The fourth-order valence-corrected chi connectivity index (χ4v) is 3.03. The van der Waals surface area contributed by atoms with Crippen LogP contribution in [0.4, 0.5) is 10.5 Å². The molecule has 1 aromatic carbocycles. The zero-order valence-corrected chi connectivity index (χ0v) is 14.6. The fraction of sp³-hybridized carbons (Fsp3) is 0.412. The number of pyridine rings is 1. The van der Waals surface area contributed by atoms with Crippen molar-refractivity contribution in [2.24, 2.45) is 0 Å². The number of ether oxygens (including phenoxy) is 1. The third-order valence-corrected chi connectivity index (χ3v) is 4.47. The SMILES string of the molecule is O=C(NCCCN1CCOCC1)Nc1c[nH]c2c(Cl)cccc2c1=O. The molecule has 1 aliphatic heterocycles. The van der Waals surface area contributed by atoms with E-state index in [2.05, 4.69) is 20.5 Å². The summed E-state index contributed by atoms with van der Waals surface area (Å²) in [6.45, 7) is 4.85. The summed E-state index contributed by atoms with van der Waals surface area (Å²) in [4.78, 5) is 29.7. The molecule has 0 saturated carbocycles. The van der Waals surface area contributed by atoms with E-state index in [0.717, 1.165) is 39.3 Å². The van der Waals surface area contributed by atoms with Crippen LogP contribution in [0.1, 0.15) is 6.42 Å². The second kappa shape index (κ2) is 8.33. The second-order valence-corrected chi connectivity index (χ2v) is 6.29. The van der Waals surface area contributed by atoms with Gasteiger partial charge in [0.15, 0.2) is 0 Å². The number of hydrogen-bond acceptors (Lipinski definition) is 4. The van der Waals surface area contributed by atoms with E-state index in [-0.39, 0.29) is 11.1 Å². The van der Waals surface area contributed by atoms with Gasteiger partial charge in [-0.05, 0) is 25.1 Å². The van der Waals surface area contributed by atoms with Crippen LogP contribution in [0.25, 0.3) is 10.9 Å². The Hall–Kier alpha value is -2.09. The number of morpholine rings is 1. The van der Waals surface area contributed by atoms with Crippen molar-refractivity contribution in [1.82, 2.24) is 15.2 Å². The topological polar surface area (TPSA) is 86.5 Å². The number of aromatic amines is 1. The summed E-state index contributed by atoms with van der Waals surface area (Å²) in [5.41, 5.74) is 0.491. The van der Waals surface area contributed by atoms with Gasteiger partial charge in [0.2, 0.25) is 5.43 Å². The Balaban J connectivity index is 1.52. The van der Waals surface area contributed by atoms with Crippen molar-refractivity contribution in [3.63, 3.8) is 0 Å². The molecule has 1 aromatic heterocycles. The average molecular weight is 365 g/mol. The predicted octanol–water partition coefficient (Wildman–Crippen LogP) is 2.03. The lowest BCUT2D eigenvalue weighted by Crippen LogP contribution is -2.38. The first kappa shape index (κ1) is 17.7. The molecule has 2 heterocycles. The van der Waals surface area contributed by atoms with Crippen molar-refractivity contribution in [2.75, 3.05) is 44.7 Å². The van der Waals surface area contributed by atoms with Crippen molar-refractivity contribution in [3.8, 4) is 0 Å². The van der Waals surface area contributed by atoms with Gasteiger partial charge in [0, 0.05) is 31.2 Å². The Morgan fingerprint density at radius 1 is 1.32 bits per heavy atom. The smallest absolute Gasteiger partial charge is 0.319 e. The number of urea groups is 1. The highest BCUT2D eigenvalue weighted by atomic mass is 35.5. The van der Waals surface area contributed by atoms with E-state index in [1.807, 2.05) is 0 Å². The zero-order valence-electron chi connectivity index (χ0n) is 13.8. The van der Waals surface area contributed by atoms with Crippen LogP contribution in [-0.4, -0.2) is 55.3 Å². The van der Waals surface area contributed by atoms with Gasteiger partial charge in [-0.2, -0.15) is 0 Å². The molecule has 0 bridgehead atoms. The van der Waals surface area contributed by atoms with Gasteiger partial charge in [0.1, 0.15) is 5.69 Å². The maximum absolute atomic E-state index is 12.4. The number of carbonyl (C=O) groups excluding carboxylic acids is 1. The summed E-state index contributed by atoms with van der Waals surface area (Å²) < 4.78 is 5.30. The van der Waals surface area contributed by atoms with Crippen molar-refractivity contribution >= 4 is 34.2 Å². The number of anilines is 1. The first-order valence-electron chi connectivity index (χ1n) is 8.30. The summed E-state index contributed by atoms with van der Waals surface area (Å²) in [5.74, 6) is 0. The summed E-state index contributed by atoms with van der Waals surface area (Å²) in [5, 5.41) is 6.27. The minimum Gasteiger partial charge on any atom is -0.379 e. The third-order valence-electron chi connectivity index (χ3n) is 4.15. The van der Waals surface area contributed by atoms with Crippen LogP contribution in [0.15, 0.2) is 29.2 Å². The lowest BCUT2D eigenvalue weighted by Gasteiger charge is -2.26. The van der Waals surface area contributed by atoms with Crippen LogP contribution < -0.4 is 16.1 Å². The maximum Gasteiger partial charge on any atom is 0.319 e. The Labute approximate surface area is 150 Å². The van der Waals surface area contributed by atoms with E-state index in [1.54, 1.807) is 18.2 Å². The molecule has 1 fully saturated rings. The zero-order chi connectivity index (χ0) is 17.6. The molecule has 134 valence electrons. The van der Waals surface area contributed by atoms with Crippen molar-refractivity contribution in [2.45, 2.75) is 6.42 Å². The van der Waals surface area contributed by atoms with Crippen LogP contribution in [0.2, 0.25) is 5.02 Å². The lowest BCUT2D eigenvalue weighted by molar-refractivity contribution is 0.0375. The van der Waals surface area contributed by atoms with E-state index in [1.165, 1.54) is 6.20 Å². The molecule has 3 rings (SSSR count). The molecule has 3 N–H and O–H groups in total. The molecule has 0 radical (unpaired) electrons. The van der Waals surface area contributed by atoms with E-state index < -0.39 is 6.03 Å². The Morgan fingerprint density at radius 2 is 2.12 bits per heavy atom. The van der Waals surface area contributed by atoms with Crippen molar-refractivity contribution < 1.29 is 9.53 Å². The summed E-state index contributed by atoms with van der Waals surface area (Å²) in [6.07, 6.45) is 2.31. The number of halogens is 1. The fourth-order valence-electron chi connectivity index (χ4n) is 2.80. The van der Waals surface area contributed by atoms with E-state index in [9.17, 15) is 9.59 Å². The minimum atomic E-state index is -0.395. The molecule has 1 aliphatic rings. The predicted molar refractivity (Wildman–Crippen MR) is 98.5 cm³/mol. The van der Waals surface area contributed by atoms with Crippen molar-refractivity contribution in [3.05, 3.63) is 39.6 Å². The molecule has 0 atom stereocenters. The summed E-state index contributed by atoms with van der Waals surface area (Å²) >= 11 is 6.05. The van der Waals surface area contributed by atoms with Crippen LogP contribution >= 0.6 is 11.6 Å². The first-order chi connectivity index (χ1) is 12.1. The number of amides is 2. The highest BCUT2D eigenvalue weighted by Gasteiger charge is 2.11. The van der Waals surface area contributed by atoms with Gasteiger partial charge in [-0.25, -0.2) is 4.79 Å². The van der Waals surface area contributed by atoms with E-state index in [4.69, 9.17) is 16.3 Å². The Kier molecular flexibility index (Phi) is 5.91. The molecule has 0 unspecified atom stereocenters. The average Bonchev–Trinajstić information content (AvgIpc) is 2.63. The molecule has 2 amide bonds. The quantitative estimate of drug-likeness (QED) is 0.708. The van der Waals surface area contributed by atoms with Gasteiger partial charge >= 0.3 is 6.03 Å². The second-order valence-electron chi connectivity index (χ2n) is 5.88. The van der Waals surface area contributed by atoms with Gasteiger partial charge in [-0.15, -0.1) is 0 Å². The first-order valence-corrected chi connectivity index (χ1v) is 8.68. The number of nitrogens with zero attached hydrogens (tertiary/aromatic N) is 1. The van der Waals surface area contributed by atoms with Crippen LogP contribution in [-0.2, 0) is 4.74 Å². The van der Waals surface area contributed by atoms with E-state index in [0.29, 0.717) is 22.5 Å². The number of carbonyl (C=O) groups is 1. The summed E-state index contributed by atoms with van der Waals surface area (Å²) in [7, 11) is 0. The van der Waals surface area contributed by atoms with Gasteiger partial charge in [0.25, 0.3) is 0 Å². The van der Waals surface area contributed by atoms with Crippen molar-refractivity contribution in [1.29, 1.82) is 0 Å². The number of hydrogen-bond donors (Lipinski definition) is 3. The highest BCUT2D eigenvalue weighted by Crippen LogP contribution is 2.19. The van der Waals surface area contributed by atoms with Gasteiger partial charge in [-0.3, -0.25) is 9.69 Å². The highest BCUT2D eigenvalue weighted by molar-refractivity contribution is 6.35. The van der Waals surface area contributed by atoms with Crippen LogP contribution in [0.5, 0.6) is 0 Å². The monoisotopic (exact) mass is 364 g/mol.